The molecule has 0 spiro atoms. The number of hydrogen-bond donors (Lipinski definition) is 8. The molecule has 0 aliphatic rings. The highest BCUT2D eigenvalue weighted by molar-refractivity contribution is 7.80. The molecule has 40 heavy (non-hydrogen) atoms. The minimum Gasteiger partial charge on any atom is -0.481 e. The van der Waals surface area contributed by atoms with Crippen LogP contribution in [0.1, 0.15) is 17.5 Å². The van der Waals surface area contributed by atoms with Crippen LogP contribution in [0, 0.1) is 0 Å². The molecule has 0 bridgehead atoms. The van der Waals surface area contributed by atoms with Crippen LogP contribution < -0.4 is 21.7 Å². The fourth-order valence-corrected chi connectivity index (χ4v) is 4.33. The van der Waals surface area contributed by atoms with Gasteiger partial charge in [-0.2, -0.15) is 12.6 Å². The van der Waals surface area contributed by atoms with Gasteiger partial charge < -0.3 is 36.9 Å². The van der Waals surface area contributed by atoms with Crippen molar-refractivity contribution < 1.29 is 34.2 Å². The van der Waals surface area contributed by atoms with E-state index in [9.17, 15) is 29.1 Å². The Balaban J connectivity index is 1.88. The molecular formula is C27H31N5O7S. The molecule has 4 atom stereocenters. The Morgan fingerprint density at radius 3 is 2.00 bits per heavy atom. The second-order valence-corrected chi connectivity index (χ2v) is 9.53. The van der Waals surface area contributed by atoms with Crippen molar-refractivity contribution in [2.45, 2.75) is 43.4 Å². The topological polar surface area (TPSA) is 204 Å². The van der Waals surface area contributed by atoms with Gasteiger partial charge in [0.05, 0.1) is 12.5 Å². The molecule has 1 heterocycles. The number of carbonyl (C=O) groups excluding carboxylic acids is 3. The number of carbonyl (C=O) groups is 5. The zero-order valence-electron chi connectivity index (χ0n) is 21.4. The Morgan fingerprint density at radius 2 is 1.38 bits per heavy atom. The molecule has 1 aromatic heterocycles. The second kappa shape index (κ2) is 14.1. The van der Waals surface area contributed by atoms with E-state index in [4.69, 9.17) is 10.8 Å². The van der Waals surface area contributed by atoms with Crippen molar-refractivity contribution in [3.8, 4) is 0 Å². The molecule has 12 nitrogen and oxygen atoms in total. The van der Waals surface area contributed by atoms with Crippen molar-refractivity contribution in [3.63, 3.8) is 0 Å². The summed E-state index contributed by atoms with van der Waals surface area (Å²) in [5.41, 5.74) is 7.89. The van der Waals surface area contributed by atoms with Crippen molar-refractivity contribution >= 4 is 53.2 Å². The van der Waals surface area contributed by atoms with Gasteiger partial charge in [-0.05, 0) is 17.2 Å². The predicted octanol–water partition coefficient (Wildman–Crippen LogP) is 0.224. The molecule has 0 radical (unpaired) electrons. The zero-order valence-corrected chi connectivity index (χ0v) is 22.3. The Labute approximate surface area is 235 Å². The van der Waals surface area contributed by atoms with E-state index in [0.29, 0.717) is 11.1 Å². The Morgan fingerprint density at radius 1 is 0.800 bits per heavy atom. The summed E-state index contributed by atoms with van der Waals surface area (Å²) in [6, 6.07) is 11.0. The lowest BCUT2D eigenvalue weighted by atomic mass is 10.0. The van der Waals surface area contributed by atoms with Gasteiger partial charge in [-0.25, -0.2) is 4.79 Å². The summed E-state index contributed by atoms with van der Waals surface area (Å²) in [6.07, 6.45) is 1.08. The smallest absolute Gasteiger partial charge is 0.327 e. The van der Waals surface area contributed by atoms with E-state index in [1.54, 1.807) is 36.5 Å². The number of para-hydroxylation sites is 1. The summed E-state index contributed by atoms with van der Waals surface area (Å²) in [5, 5.41) is 26.7. The van der Waals surface area contributed by atoms with Gasteiger partial charge in [0.25, 0.3) is 0 Å². The van der Waals surface area contributed by atoms with Gasteiger partial charge in [0.2, 0.25) is 17.7 Å². The van der Waals surface area contributed by atoms with E-state index < -0.39 is 60.2 Å². The molecule has 4 unspecified atom stereocenters. The summed E-state index contributed by atoms with van der Waals surface area (Å²) in [7, 11) is 0. The van der Waals surface area contributed by atoms with Crippen LogP contribution in [0.25, 0.3) is 10.9 Å². The number of aliphatic carboxylic acids is 2. The molecule has 0 saturated heterocycles. The average Bonchev–Trinajstić information content (AvgIpc) is 3.33. The van der Waals surface area contributed by atoms with Gasteiger partial charge in [-0.15, -0.1) is 0 Å². The van der Waals surface area contributed by atoms with Crippen LogP contribution in [0.2, 0.25) is 0 Å². The van der Waals surface area contributed by atoms with E-state index in [2.05, 4.69) is 33.6 Å². The first kappa shape index (κ1) is 30.2. The average molecular weight is 570 g/mol. The molecule has 3 amide bonds. The molecule has 0 fully saturated rings. The van der Waals surface area contributed by atoms with Crippen LogP contribution in [-0.2, 0) is 36.8 Å². The van der Waals surface area contributed by atoms with Crippen molar-refractivity contribution in [2.75, 3.05) is 5.75 Å². The second-order valence-electron chi connectivity index (χ2n) is 9.16. The standard InChI is InChI=1S/C27H31N5O7S/c28-18(12-23(33)34)24(35)30-20(10-15-6-2-1-3-7-15)25(36)31-21(26(37)32-22(14-40)27(38)39)11-16-13-29-19-9-5-4-8-17(16)19/h1-9,13,18,20-22,29,40H,10-12,14,28H2,(H,30,35)(H,31,36)(H,32,37)(H,33,34)(H,38,39). The number of H-pyrrole nitrogens is 1. The number of carboxylic acid groups (broad SMARTS) is 2. The lowest BCUT2D eigenvalue weighted by Crippen LogP contribution is -2.58. The van der Waals surface area contributed by atoms with Crippen LogP contribution in [0.4, 0.5) is 0 Å². The fraction of sp³-hybridized carbons (Fsp3) is 0.296. The van der Waals surface area contributed by atoms with Crippen molar-refractivity contribution in [1.82, 2.24) is 20.9 Å². The predicted molar refractivity (Wildman–Crippen MR) is 150 cm³/mol. The van der Waals surface area contributed by atoms with E-state index in [1.165, 1.54) is 0 Å². The van der Waals surface area contributed by atoms with Crippen LogP contribution in [0.3, 0.4) is 0 Å². The molecule has 2 aromatic carbocycles. The van der Waals surface area contributed by atoms with E-state index >= 15 is 0 Å². The van der Waals surface area contributed by atoms with Crippen molar-refractivity contribution in [1.29, 1.82) is 0 Å². The SMILES string of the molecule is NC(CC(=O)O)C(=O)NC(Cc1ccccc1)C(=O)NC(Cc1c[nH]c2ccccc12)C(=O)NC(CS)C(=O)O. The maximum Gasteiger partial charge on any atom is 0.327 e. The molecule has 13 heteroatoms. The minimum absolute atomic E-state index is 0.00499. The molecule has 8 N–H and O–H groups in total. The Bertz CT molecular complexity index is 1360. The highest BCUT2D eigenvalue weighted by atomic mass is 32.1. The summed E-state index contributed by atoms with van der Waals surface area (Å²) in [6.45, 7) is 0. The quantitative estimate of drug-likeness (QED) is 0.126. The Hall–Kier alpha value is -4.36. The van der Waals surface area contributed by atoms with Gasteiger partial charge in [-0.1, -0.05) is 48.5 Å². The van der Waals surface area contributed by atoms with Crippen LogP contribution in [0.5, 0.6) is 0 Å². The third-order valence-corrected chi connectivity index (χ3v) is 6.54. The summed E-state index contributed by atoms with van der Waals surface area (Å²) in [5.74, 6) is -5.09. The van der Waals surface area contributed by atoms with Crippen molar-refractivity contribution in [2.24, 2.45) is 5.73 Å². The molecular weight excluding hydrogens is 538 g/mol. The van der Waals surface area contributed by atoms with Gasteiger partial charge in [-0.3, -0.25) is 19.2 Å². The highest BCUT2D eigenvalue weighted by Crippen LogP contribution is 2.19. The fourth-order valence-electron chi connectivity index (χ4n) is 4.08. The number of nitrogens with two attached hydrogens (primary N) is 1. The normalized spacial score (nSPS) is 13.9. The van der Waals surface area contributed by atoms with E-state index in [1.807, 2.05) is 24.3 Å². The number of fused-ring (bicyclic) bond motifs is 1. The van der Waals surface area contributed by atoms with Crippen LogP contribution in [-0.4, -0.2) is 74.8 Å². The first-order valence-corrected chi connectivity index (χ1v) is 13.0. The van der Waals surface area contributed by atoms with Gasteiger partial charge in [0.1, 0.15) is 18.1 Å². The highest BCUT2D eigenvalue weighted by Gasteiger charge is 2.31. The summed E-state index contributed by atoms with van der Waals surface area (Å²) in [4.78, 5) is 65.0. The number of benzene rings is 2. The largest absolute Gasteiger partial charge is 0.481 e. The number of aromatic amines is 1. The lowest BCUT2D eigenvalue weighted by Gasteiger charge is -2.25. The maximum atomic E-state index is 13.5. The number of amides is 3. The number of nitrogens with one attached hydrogen (secondary N) is 4. The molecule has 0 saturated carbocycles. The first-order chi connectivity index (χ1) is 19.1. The van der Waals surface area contributed by atoms with Gasteiger partial charge >= 0.3 is 11.9 Å². The monoisotopic (exact) mass is 569 g/mol. The van der Waals surface area contributed by atoms with Gasteiger partial charge in [0, 0.05) is 35.7 Å². The van der Waals surface area contributed by atoms with Crippen LogP contribution >= 0.6 is 12.6 Å². The number of carboxylic acids is 2. The summed E-state index contributed by atoms with van der Waals surface area (Å²) < 4.78 is 0. The van der Waals surface area contributed by atoms with Gasteiger partial charge in [0.15, 0.2) is 0 Å². The Kier molecular flexibility index (Phi) is 10.7. The minimum atomic E-state index is -1.40. The van der Waals surface area contributed by atoms with E-state index in [-0.39, 0.29) is 18.6 Å². The van der Waals surface area contributed by atoms with E-state index in [0.717, 1.165) is 10.9 Å². The molecule has 212 valence electrons. The number of aromatic nitrogens is 1. The molecule has 0 aliphatic heterocycles. The lowest BCUT2D eigenvalue weighted by molar-refractivity contribution is -0.141. The molecule has 3 rings (SSSR count). The summed E-state index contributed by atoms with van der Waals surface area (Å²) >= 11 is 3.98. The first-order valence-electron chi connectivity index (χ1n) is 12.4. The zero-order chi connectivity index (χ0) is 29.2. The van der Waals surface area contributed by atoms with Crippen molar-refractivity contribution in [3.05, 3.63) is 71.9 Å². The molecule has 3 aromatic rings. The molecule has 0 aliphatic carbocycles. The number of hydrogen-bond acceptors (Lipinski definition) is 7. The maximum absolute atomic E-state index is 13.5. The third-order valence-electron chi connectivity index (χ3n) is 6.18. The third kappa shape index (κ3) is 8.32. The number of thiol groups is 1. The van der Waals surface area contributed by atoms with Crippen LogP contribution in [0.15, 0.2) is 60.8 Å². The number of rotatable bonds is 14.